The van der Waals surface area contributed by atoms with Crippen LogP contribution in [0.15, 0.2) is 24.3 Å². The highest BCUT2D eigenvalue weighted by atomic mass is 16.5. The third-order valence-corrected chi connectivity index (χ3v) is 4.51. The Hall–Kier alpha value is -2.55. The Labute approximate surface area is 170 Å². The van der Waals surface area contributed by atoms with Crippen molar-refractivity contribution < 1.29 is 14.6 Å². The third-order valence-electron chi connectivity index (χ3n) is 4.51. The van der Waals surface area contributed by atoms with Crippen LogP contribution in [0.2, 0.25) is 0 Å². The molecule has 1 aromatic carbocycles. The van der Waals surface area contributed by atoms with Gasteiger partial charge in [0.25, 0.3) is 0 Å². The molecule has 0 radical (unpaired) electrons. The minimum Gasteiger partial charge on any atom is -0.389 e. The number of aromatic nitrogens is 3. The molecular weight excluding hydrogens is 370 g/mol. The van der Waals surface area contributed by atoms with Crippen molar-refractivity contribution in [3.05, 3.63) is 30.1 Å². The summed E-state index contributed by atoms with van der Waals surface area (Å²) in [6, 6.07) is 7.71. The highest BCUT2D eigenvalue weighted by Gasteiger charge is 2.23. The van der Waals surface area contributed by atoms with Crippen LogP contribution in [0.5, 0.6) is 0 Å². The van der Waals surface area contributed by atoms with Crippen LogP contribution in [0.4, 0.5) is 5.82 Å². The van der Waals surface area contributed by atoms with Gasteiger partial charge in [0.2, 0.25) is 5.91 Å². The lowest BCUT2D eigenvalue weighted by Crippen LogP contribution is -2.27. The van der Waals surface area contributed by atoms with E-state index in [2.05, 4.69) is 10.3 Å². The Morgan fingerprint density at radius 2 is 2.07 bits per heavy atom. The number of ether oxygens (including phenoxy) is 1. The zero-order chi connectivity index (χ0) is 21.0. The number of hydrogen-bond donors (Lipinski definition) is 3. The fourth-order valence-electron chi connectivity index (χ4n) is 3.29. The van der Waals surface area contributed by atoms with Crippen LogP contribution in [0.3, 0.4) is 0 Å². The summed E-state index contributed by atoms with van der Waals surface area (Å²) < 4.78 is 7.57. The largest absolute Gasteiger partial charge is 0.389 e. The zero-order valence-electron chi connectivity index (χ0n) is 17.2. The average Bonchev–Trinajstić information content (AvgIpc) is 3.02. The number of anilines is 1. The van der Waals surface area contributed by atoms with Gasteiger partial charge in [0.1, 0.15) is 17.9 Å². The number of imidazole rings is 1. The van der Waals surface area contributed by atoms with Gasteiger partial charge in [-0.15, -0.1) is 0 Å². The van der Waals surface area contributed by atoms with Crippen LogP contribution < -0.4 is 11.1 Å². The average molecular weight is 399 g/mol. The smallest absolute Gasteiger partial charge is 0.225 e. The van der Waals surface area contributed by atoms with E-state index in [4.69, 9.17) is 15.5 Å². The van der Waals surface area contributed by atoms with E-state index in [9.17, 15) is 9.90 Å². The van der Waals surface area contributed by atoms with Gasteiger partial charge in [-0.2, -0.15) is 0 Å². The van der Waals surface area contributed by atoms with Crippen molar-refractivity contribution in [2.45, 2.75) is 52.4 Å². The molecule has 0 bridgehead atoms. The first-order chi connectivity index (χ1) is 13.8. The molecule has 4 N–H and O–H groups in total. The van der Waals surface area contributed by atoms with E-state index in [0.717, 1.165) is 16.4 Å². The van der Waals surface area contributed by atoms with Gasteiger partial charge in [0.05, 0.1) is 23.2 Å². The van der Waals surface area contributed by atoms with Crippen LogP contribution in [0.25, 0.3) is 21.9 Å². The minimum atomic E-state index is -0.955. The molecule has 2 heterocycles. The number of hydrogen-bond acceptors (Lipinski definition) is 6. The molecular formula is C21H29N5O3. The molecule has 0 aliphatic rings. The maximum Gasteiger partial charge on any atom is 0.225 e. The summed E-state index contributed by atoms with van der Waals surface area (Å²) in [5, 5.41) is 14.3. The van der Waals surface area contributed by atoms with E-state index in [1.807, 2.05) is 35.8 Å². The second kappa shape index (κ2) is 8.86. The molecule has 3 aromatic rings. The number of pyridine rings is 1. The number of benzene rings is 1. The summed E-state index contributed by atoms with van der Waals surface area (Å²) in [5.74, 6) is 0.940. The molecule has 0 aliphatic carbocycles. The maximum absolute atomic E-state index is 12.3. The fourth-order valence-corrected chi connectivity index (χ4v) is 3.29. The number of nitrogens with one attached hydrogen (secondary N) is 1. The van der Waals surface area contributed by atoms with Crippen LogP contribution in [0, 0.1) is 0 Å². The van der Waals surface area contributed by atoms with Gasteiger partial charge in [0, 0.05) is 18.4 Å². The number of para-hydroxylation sites is 1. The van der Waals surface area contributed by atoms with Gasteiger partial charge in [0.15, 0.2) is 5.82 Å². The molecule has 0 aliphatic heterocycles. The Bertz CT molecular complexity index is 1010. The van der Waals surface area contributed by atoms with Gasteiger partial charge in [-0.25, -0.2) is 9.97 Å². The molecule has 0 saturated heterocycles. The first-order valence-corrected chi connectivity index (χ1v) is 9.92. The van der Waals surface area contributed by atoms with E-state index >= 15 is 0 Å². The topological polar surface area (TPSA) is 115 Å². The maximum atomic E-state index is 12.3. The molecule has 8 heteroatoms. The molecule has 0 unspecified atom stereocenters. The van der Waals surface area contributed by atoms with Crippen LogP contribution in [0.1, 0.15) is 39.4 Å². The van der Waals surface area contributed by atoms with Gasteiger partial charge in [-0.1, -0.05) is 18.2 Å². The molecule has 0 fully saturated rings. The SMILES string of the molecule is CCOCc1nc2c(NC(=O)CCCN)nc3ccccc3c2n1CC(C)(C)O. The Kier molecular flexibility index (Phi) is 6.46. The number of amides is 1. The normalized spacial score (nSPS) is 12.0. The first kappa shape index (κ1) is 21.2. The number of carbonyl (C=O) groups is 1. The van der Waals surface area contributed by atoms with Crippen molar-refractivity contribution in [1.29, 1.82) is 0 Å². The van der Waals surface area contributed by atoms with Crippen LogP contribution >= 0.6 is 0 Å². The molecule has 1 amide bonds. The number of rotatable bonds is 9. The van der Waals surface area contributed by atoms with Crippen LogP contribution in [-0.2, 0) is 22.7 Å². The second-order valence-corrected chi connectivity index (χ2v) is 7.68. The Morgan fingerprint density at radius 3 is 2.76 bits per heavy atom. The van der Waals surface area contributed by atoms with E-state index < -0.39 is 5.60 Å². The quantitative estimate of drug-likeness (QED) is 0.509. The minimum absolute atomic E-state index is 0.150. The number of aliphatic hydroxyl groups is 1. The van der Waals surface area contributed by atoms with Gasteiger partial charge in [-0.05, 0) is 39.8 Å². The molecule has 3 rings (SSSR count). The molecule has 156 valence electrons. The number of fused-ring (bicyclic) bond motifs is 3. The standard InChI is InChI=1S/C21H29N5O3/c1-4-29-12-16-24-18-19(26(16)13-21(2,3)28)14-8-5-6-9-15(14)23-20(18)25-17(27)10-7-11-22/h5-6,8-9,28H,4,7,10-13,22H2,1-3H3,(H,23,25,27). The van der Waals surface area contributed by atoms with E-state index in [1.54, 1.807) is 13.8 Å². The highest BCUT2D eigenvalue weighted by Crippen LogP contribution is 2.31. The van der Waals surface area contributed by atoms with Crippen molar-refractivity contribution in [3.63, 3.8) is 0 Å². The van der Waals surface area contributed by atoms with Gasteiger partial charge in [-0.3, -0.25) is 4.79 Å². The van der Waals surface area contributed by atoms with Crippen molar-refractivity contribution >= 4 is 33.7 Å². The second-order valence-electron chi connectivity index (χ2n) is 7.68. The monoisotopic (exact) mass is 399 g/mol. The van der Waals surface area contributed by atoms with Crippen molar-refractivity contribution in [2.75, 3.05) is 18.5 Å². The van der Waals surface area contributed by atoms with E-state index in [1.165, 1.54) is 0 Å². The number of nitrogens with zero attached hydrogens (tertiary/aromatic N) is 3. The molecule has 29 heavy (non-hydrogen) atoms. The summed E-state index contributed by atoms with van der Waals surface area (Å²) in [7, 11) is 0. The predicted molar refractivity (Wildman–Crippen MR) is 114 cm³/mol. The third kappa shape index (κ3) is 4.90. The summed E-state index contributed by atoms with van der Waals surface area (Å²) >= 11 is 0. The lowest BCUT2D eigenvalue weighted by molar-refractivity contribution is -0.116. The molecule has 8 nitrogen and oxygen atoms in total. The molecule has 0 saturated carbocycles. The zero-order valence-corrected chi connectivity index (χ0v) is 17.2. The van der Waals surface area contributed by atoms with Gasteiger partial charge < -0.3 is 25.5 Å². The number of carbonyl (C=O) groups excluding carboxylic acids is 1. The molecule has 0 spiro atoms. The van der Waals surface area contributed by atoms with Crippen molar-refractivity contribution in [3.8, 4) is 0 Å². The Balaban J connectivity index is 2.21. The summed E-state index contributed by atoms with van der Waals surface area (Å²) in [6.07, 6.45) is 0.925. The van der Waals surface area contributed by atoms with E-state index in [0.29, 0.717) is 56.3 Å². The summed E-state index contributed by atoms with van der Waals surface area (Å²) in [4.78, 5) is 21.7. The Morgan fingerprint density at radius 1 is 1.31 bits per heavy atom. The van der Waals surface area contributed by atoms with Crippen molar-refractivity contribution in [1.82, 2.24) is 14.5 Å². The first-order valence-electron chi connectivity index (χ1n) is 9.92. The van der Waals surface area contributed by atoms with Crippen molar-refractivity contribution in [2.24, 2.45) is 5.73 Å². The van der Waals surface area contributed by atoms with E-state index in [-0.39, 0.29) is 5.91 Å². The highest BCUT2D eigenvalue weighted by molar-refractivity contribution is 6.09. The van der Waals surface area contributed by atoms with Gasteiger partial charge >= 0.3 is 0 Å². The lowest BCUT2D eigenvalue weighted by atomic mass is 10.1. The lowest BCUT2D eigenvalue weighted by Gasteiger charge is -2.20. The predicted octanol–water partition coefficient (Wildman–Crippen LogP) is 2.57. The number of nitrogens with two attached hydrogens (primary N) is 1. The molecule has 0 atom stereocenters. The molecule has 2 aromatic heterocycles. The summed E-state index contributed by atoms with van der Waals surface area (Å²) in [5.41, 5.74) is 6.71. The summed E-state index contributed by atoms with van der Waals surface area (Å²) in [6.45, 7) is 7.06. The van der Waals surface area contributed by atoms with Crippen LogP contribution in [-0.4, -0.2) is 44.3 Å². The fraction of sp³-hybridized carbons (Fsp3) is 0.476.